The third-order valence-corrected chi connectivity index (χ3v) is 5.37. The number of benzene rings is 2. The molecular weight excluding hydrogens is 366 g/mol. The second kappa shape index (κ2) is 6.39. The zero-order chi connectivity index (χ0) is 19.2. The van der Waals surface area contributed by atoms with Gasteiger partial charge in [-0.05, 0) is 37.3 Å². The van der Waals surface area contributed by atoms with Gasteiger partial charge in [-0.3, -0.25) is 19.3 Å². The summed E-state index contributed by atoms with van der Waals surface area (Å²) in [5, 5.41) is 3.33. The Morgan fingerprint density at radius 3 is 2.70 bits per heavy atom. The Bertz CT molecular complexity index is 961. The van der Waals surface area contributed by atoms with E-state index in [4.69, 9.17) is 11.6 Å². The number of nitrogens with zero attached hydrogens (tertiary/aromatic N) is 2. The van der Waals surface area contributed by atoms with Crippen molar-refractivity contribution in [3.05, 3.63) is 59.1 Å². The fourth-order valence-electron chi connectivity index (χ4n) is 4.00. The monoisotopic (exact) mass is 383 g/mol. The summed E-state index contributed by atoms with van der Waals surface area (Å²) >= 11 is 6.01. The van der Waals surface area contributed by atoms with Gasteiger partial charge in [0.25, 0.3) is 11.8 Å². The van der Waals surface area contributed by atoms with Crippen molar-refractivity contribution in [3.63, 3.8) is 0 Å². The molecular formula is C20H18ClN3O3. The minimum absolute atomic E-state index is 0.172. The normalized spacial score (nSPS) is 21.1. The van der Waals surface area contributed by atoms with Crippen LogP contribution >= 0.6 is 11.6 Å². The highest BCUT2D eigenvalue weighted by Gasteiger charge is 2.60. The Morgan fingerprint density at radius 1 is 1.19 bits per heavy atom. The summed E-state index contributed by atoms with van der Waals surface area (Å²) in [6, 6.07) is 13.7. The molecule has 2 aliphatic rings. The largest absolute Gasteiger partial charge is 0.322 e. The zero-order valence-electron chi connectivity index (χ0n) is 14.7. The Morgan fingerprint density at radius 2 is 1.96 bits per heavy atom. The van der Waals surface area contributed by atoms with E-state index >= 15 is 0 Å². The highest BCUT2D eigenvalue weighted by atomic mass is 35.5. The molecule has 7 heteroatoms. The van der Waals surface area contributed by atoms with Gasteiger partial charge in [-0.1, -0.05) is 29.8 Å². The molecule has 1 fully saturated rings. The van der Waals surface area contributed by atoms with Gasteiger partial charge in [0.05, 0.1) is 11.3 Å². The van der Waals surface area contributed by atoms with Crippen LogP contribution < -0.4 is 10.2 Å². The van der Waals surface area contributed by atoms with Gasteiger partial charge < -0.3 is 10.2 Å². The molecule has 3 amide bonds. The summed E-state index contributed by atoms with van der Waals surface area (Å²) in [7, 11) is 0. The number of amides is 3. The van der Waals surface area contributed by atoms with Crippen LogP contribution in [0, 0.1) is 0 Å². The van der Waals surface area contributed by atoms with E-state index in [0.29, 0.717) is 28.5 Å². The average Bonchev–Trinajstić information content (AvgIpc) is 3.01. The number of nitrogens with one attached hydrogen (secondary N) is 1. The molecule has 27 heavy (non-hydrogen) atoms. The first-order valence-electron chi connectivity index (χ1n) is 8.80. The number of anilines is 2. The van der Waals surface area contributed by atoms with Gasteiger partial charge in [-0.25, -0.2) is 0 Å². The van der Waals surface area contributed by atoms with Crippen molar-refractivity contribution in [2.75, 3.05) is 16.8 Å². The molecule has 0 unspecified atom stereocenters. The fraction of sp³-hybridized carbons (Fsp3) is 0.250. The number of carbonyl (C=O) groups excluding carboxylic acids is 3. The Balaban J connectivity index is 1.84. The first-order valence-corrected chi connectivity index (χ1v) is 9.18. The van der Waals surface area contributed by atoms with E-state index in [9.17, 15) is 14.4 Å². The van der Waals surface area contributed by atoms with E-state index in [2.05, 4.69) is 5.32 Å². The van der Waals surface area contributed by atoms with Crippen LogP contribution in [0.5, 0.6) is 0 Å². The van der Waals surface area contributed by atoms with Crippen molar-refractivity contribution < 1.29 is 14.4 Å². The molecule has 0 radical (unpaired) electrons. The quantitative estimate of drug-likeness (QED) is 0.884. The van der Waals surface area contributed by atoms with Crippen LogP contribution in [0.3, 0.4) is 0 Å². The molecule has 0 aliphatic carbocycles. The molecule has 4 rings (SSSR count). The van der Waals surface area contributed by atoms with Gasteiger partial charge in [-0.15, -0.1) is 0 Å². The van der Waals surface area contributed by atoms with Crippen molar-refractivity contribution in [1.82, 2.24) is 4.90 Å². The molecule has 2 aromatic carbocycles. The molecule has 1 saturated heterocycles. The van der Waals surface area contributed by atoms with Gasteiger partial charge in [0, 0.05) is 30.1 Å². The summed E-state index contributed by atoms with van der Waals surface area (Å²) < 4.78 is 0. The van der Waals surface area contributed by atoms with E-state index in [1.54, 1.807) is 55.5 Å². The Labute approximate surface area is 161 Å². The highest BCUT2D eigenvalue weighted by molar-refractivity contribution is 6.31. The molecule has 2 aliphatic heterocycles. The van der Waals surface area contributed by atoms with Gasteiger partial charge >= 0.3 is 0 Å². The molecule has 1 N–H and O–H groups in total. The van der Waals surface area contributed by atoms with Crippen molar-refractivity contribution in [1.29, 1.82) is 0 Å². The minimum atomic E-state index is -1.38. The van der Waals surface area contributed by atoms with E-state index in [-0.39, 0.29) is 24.7 Å². The number of hydrogen-bond donors (Lipinski definition) is 1. The van der Waals surface area contributed by atoms with Crippen molar-refractivity contribution in [2.24, 2.45) is 0 Å². The topological polar surface area (TPSA) is 69.7 Å². The van der Waals surface area contributed by atoms with Gasteiger partial charge in [-0.2, -0.15) is 0 Å². The van der Waals surface area contributed by atoms with E-state index in [1.807, 2.05) is 0 Å². The third-order valence-electron chi connectivity index (χ3n) is 5.14. The second-order valence-electron chi connectivity index (χ2n) is 6.58. The van der Waals surface area contributed by atoms with Gasteiger partial charge in [0.15, 0.2) is 0 Å². The lowest BCUT2D eigenvalue weighted by Crippen LogP contribution is -2.69. The van der Waals surface area contributed by atoms with Crippen LogP contribution in [-0.2, 0) is 9.59 Å². The number of halogens is 1. The number of fused-ring (bicyclic) bond motifs is 3. The molecule has 138 valence electrons. The van der Waals surface area contributed by atoms with E-state index < -0.39 is 11.6 Å². The summed E-state index contributed by atoms with van der Waals surface area (Å²) in [5.74, 6) is -0.838. The van der Waals surface area contributed by atoms with Crippen LogP contribution in [0.2, 0.25) is 5.02 Å². The lowest BCUT2D eigenvalue weighted by atomic mass is 9.95. The highest BCUT2D eigenvalue weighted by Crippen LogP contribution is 2.44. The number of likely N-dealkylation sites (N-methyl/N-ethyl adjacent to an activating group) is 1. The Hall–Kier alpha value is -2.86. The average molecular weight is 384 g/mol. The predicted octanol–water partition coefficient (Wildman–Crippen LogP) is 3.28. The van der Waals surface area contributed by atoms with Crippen LogP contribution in [0.25, 0.3) is 0 Å². The summed E-state index contributed by atoms with van der Waals surface area (Å²) in [4.78, 5) is 42.2. The minimum Gasteiger partial charge on any atom is -0.322 e. The van der Waals surface area contributed by atoms with E-state index in [0.717, 1.165) is 0 Å². The smallest absolute Gasteiger partial charge is 0.271 e. The molecule has 0 saturated carbocycles. The standard InChI is InChI=1S/C20H18ClN3O3/c1-2-23-18(26)15-8-3-4-9-16(15)24-17(25)10-11-20(23,24)19(27)22-14-7-5-6-13(21)12-14/h3-9,12H,2,10-11H2,1H3,(H,22,27)/t20-/m1/s1. The number of hydrogen-bond acceptors (Lipinski definition) is 3. The molecule has 0 aromatic heterocycles. The van der Waals surface area contributed by atoms with Crippen molar-refractivity contribution in [2.45, 2.75) is 25.4 Å². The predicted molar refractivity (Wildman–Crippen MR) is 103 cm³/mol. The maximum atomic E-state index is 13.4. The zero-order valence-corrected chi connectivity index (χ0v) is 15.5. The number of para-hydroxylation sites is 1. The van der Waals surface area contributed by atoms with Crippen LogP contribution in [0.1, 0.15) is 30.1 Å². The summed E-state index contributed by atoms with van der Waals surface area (Å²) in [5.41, 5.74) is 0.0554. The van der Waals surface area contributed by atoms with Crippen molar-refractivity contribution >= 4 is 40.7 Å². The molecule has 2 heterocycles. The second-order valence-corrected chi connectivity index (χ2v) is 7.01. The number of rotatable bonds is 3. The van der Waals surface area contributed by atoms with Crippen LogP contribution in [0.15, 0.2) is 48.5 Å². The first kappa shape index (κ1) is 17.5. The van der Waals surface area contributed by atoms with Crippen molar-refractivity contribution in [3.8, 4) is 0 Å². The van der Waals surface area contributed by atoms with Crippen LogP contribution in [-0.4, -0.2) is 34.8 Å². The maximum Gasteiger partial charge on any atom is 0.271 e. The Kier molecular flexibility index (Phi) is 4.15. The lowest BCUT2D eigenvalue weighted by Gasteiger charge is -2.48. The third kappa shape index (κ3) is 2.51. The molecule has 0 spiro atoms. The van der Waals surface area contributed by atoms with Crippen LogP contribution in [0.4, 0.5) is 11.4 Å². The SMILES string of the molecule is CCN1C(=O)c2ccccc2N2C(=O)CC[C@@]12C(=O)Nc1cccc(Cl)c1. The molecule has 1 atom stereocenters. The molecule has 6 nitrogen and oxygen atoms in total. The fourth-order valence-corrected chi connectivity index (χ4v) is 4.19. The van der Waals surface area contributed by atoms with E-state index in [1.165, 1.54) is 9.80 Å². The first-order chi connectivity index (χ1) is 13.0. The molecule has 0 bridgehead atoms. The lowest BCUT2D eigenvalue weighted by molar-refractivity contribution is -0.128. The van der Waals surface area contributed by atoms with Gasteiger partial charge in [0.1, 0.15) is 0 Å². The molecule has 2 aromatic rings. The number of carbonyl (C=O) groups is 3. The summed E-state index contributed by atoms with van der Waals surface area (Å²) in [6.07, 6.45) is 0.438. The van der Waals surface area contributed by atoms with Gasteiger partial charge in [0.2, 0.25) is 11.6 Å². The maximum absolute atomic E-state index is 13.4. The summed E-state index contributed by atoms with van der Waals surface area (Å²) in [6.45, 7) is 2.11.